The fourth-order valence-electron chi connectivity index (χ4n) is 1.50. The molecule has 0 fully saturated rings. The van der Waals surface area contributed by atoms with E-state index in [2.05, 4.69) is 5.32 Å². The normalized spacial score (nSPS) is 15.0. The van der Waals surface area contributed by atoms with Gasteiger partial charge in [-0.05, 0) is 19.4 Å². The maximum absolute atomic E-state index is 11.7. The van der Waals surface area contributed by atoms with Crippen LogP contribution in [0.25, 0.3) is 0 Å². The van der Waals surface area contributed by atoms with Crippen LogP contribution in [0.2, 0.25) is 0 Å². The number of carbonyl (C=O) groups is 1. The third-order valence-electron chi connectivity index (χ3n) is 3.13. The van der Waals surface area contributed by atoms with Gasteiger partial charge in [-0.2, -0.15) is 0 Å². The Balaban J connectivity index is 0.00000324. The van der Waals surface area contributed by atoms with Gasteiger partial charge in [0.1, 0.15) is 0 Å². The topological polar surface area (TPSA) is 75.3 Å². The summed E-state index contributed by atoms with van der Waals surface area (Å²) >= 11 is 0. The fraction of sp³-hybridized carbons (Fsp3) is 0.500. The number of hydrogen-bond acceptors (Lipinski definition) is 3. The maximum Gasteiger partial charge on any atom is 0.224 e. The van der Waals surface area contributed by atoms with Crippen molar-refractivity contribution in [1.29, 1.82) is 0 Å². The molecule has 5 heteroatoms. The van der Waals surface area contributed by atoms with E-state index in [0.717, 1.165) is 11.1 Å². The molecule has 1 aromatic rings. The summed E-state index contributed by atoms with van der Waals surface area (Å²) in [4.78, 5) is 11.7. The molecule has 19 heavy (non-hydrogen) atoms. The second-order valence-electron chi connectivity index (χ2n) is 4.82. The van der Waals surface area contributed by atoms with Crippen LogP contribution < -0.4 is 11.1 Å². The molecular weight excluding hydrogens is 264 g/mol. The van der Waals surface area contributed by atoms with Crippen molar-refractivity contribution in [1.82, 2.24) is 5.32 Å². The van der Waals surface area contributed by atoms with Gasteiger partial charge in [0.25, 0.3) is 0 Å². The van der Waals surface area contributed by atoms with E-state index >= 15 is 0 Å². The molecule has 4 N–H and O–H groups in total. The summed E-state index contributed by atoms with van der Waals surface area (Å²) in [7, 11) is 0. The van der Waals surface area contributed by atoms with Gasteiger partial charge >= 0.3 is 0 Å². The highest BCUT2D eigenvalue weighted by Gasteiger charge is 2.17. The highest BCUT2D eigenvalue weighted by atomic mass is 35.5. The van der Waals surface area contributed by atoms with Crippen molar-refractivity contribution in [2.24, 2.45) is 11.7 Å². The minimum atomic E-state index is -0.685. The van der Waals surface area contributed by atoms with E-state index in [-0.39, 0.29) is 36.8 Å². The smallest absolute Gasteiger partial charge is 0.224 e. The number of aliphatic hydroxyl groups excluding tert-OH is 1. The monoisotopic (exact) mass is 286 g/mol. The standard InChI is InChI=1S/C14H22N2O2.ClH/c1-9-4-6-12(7-5-9)13(17)8-16-14(18)10(2)11(3)15;/h4-7,10-11,13,17H,8,15H2,1-3H3,(H,16,18);1H. The molecule has 0 saturated carbocycles. The van der Waals surface area contributed by atoms with E-state index in [0.29, 0.717) is 0 Å². The first kappa shape index (κ1) is 17.9. The van der Waals surface area contributed by atoms with E-state index in [4.69, 9.17) is 5.73 Å². The van der Waals surface area contributed by atoms with Crippen LogP contribution in [-0.4, -0.2) is 23.6 Å². The first-order chi connectivity index (χ1) is 8.41. The van der Waals surface area contributed by atoms with Crippen molar-refractivity contribution < 1.29 is 9.90 Å². The van der Waals surface area contributed by atoms with E-state index < -0.39 is 6.10 Å². The molecule has 0 bridgehead atoms. The molecule has 3 atom stereocenters. The van der Waals surface area contributed by atoms with Crippen molar-refractivity contribution in [3.05, 3.63) is 35.4 Å². The van der Waals surface area contributed by atoms with Gasteiger partial charge < -0.3 is 16.2 Å². The SMILES string of the molecule is Cc1ccc(C(O)CNC(=O)C(C)C(C)N)cc1.Cl. The van der Waals surface area contributed by atoms with Gasteiger partial charge in [-0.3, -0.25) is 4.79 Å². The molecule has 1 rings (SSSR count). The summed E-state index contributed by atoms with van der Waals surface area (Å²) in [5, 5.41) is 12.6. The highest BCUT2D eigenvalue weighted by Crippen LogP contribution is 2.12. The average Bonchev–Trinajstić information content (AvgIpc) is 2.35. The molecule has 0 radical (unpaired) electrons. The number of aliphatic hydroxyl groups is 1. The molecule has 4 nitrogen and oxygen atoms in total. The molecular formula is C14H23ClN2O2. The van der Waals surface area contributed by atoms with Gasteiger partial charge in [0.15, 0.2) is 0 Å². The predicted molar refractivity (Wildman–Crippen MR) is 79.2 cm³/mol. The summed E-state index contributed by atoms with van der Waals surface area (Å²) in [6.45, 7) is 5.76. The van der Waals surface area contributed by atoms with Gasteiger partial charge in [-0.15, -0.1) is 12.4 Å². The van der Waals surface area contributed by atoms with Crippen molar-refractivity contribution in [3.8, 4) is 0 Å². The zero-order valence-corrected chi connectivity index (χ0v) is 12.4. The molecule has 0 heterocycles. The zero-order chi connectivity index (χ0) is 13.7. The van der Waals surface area contributed by atoms with Crippen LogP contribution in [0.5, 0.6) is 0 Å². The largest absolute Gasteiger partial charge is 0.387 e. The lowest BCUT2D eigenvalue weighted by Crippen LogP contribution is -2.40. The molecule has 1 aromatic carbocycles. The Hall–Kier alpha value is -1.10. The quantitative estimate of drug-likeness (QED) is 0.769. The van der Waals surface area contributed by atoms with Crippen molar-refractivity contribution in [3.63, 3.8) is 0 Å². The molecule has 1 amide bonds. The Kier molecular flexibility index (Phi) is 7.68. The molecule has 0 aliphatic carbocycles. The van der Waals surface area contributed by atoms with Gasteiger partial charge in [0.05, 0.1) is 6.10 Å². The predicted octanol–water partition coefficient (Wildman–Crippen LogP) is 1.55. The fourth-order valence-corrected chi connectivity index (χ4v) is 1.50. The molecule has 0 spiro atoms. The Labute approximate surface area is 120 Å². The number of amides is 1. The first-order valence-electron chi connectivity index (χ1n) is 6.19. The number of aryl methyl sites for hydroxylation is 1. The van der Waals surface area contributed by atoms with Gasteiger partial charge in [-0.25, -0.2) is 0 Å². The zero-order valence-electron chi connectivity index (χ0n) is 11.6. The lowest BCUT2D eigenvalue weighted by atomic mass is 10.0. The van der Waals surface area contributed by atoms with Crippen molar-refractivity contribution in [2.75, 3.05) is 6.54 Å². The lowest BCUT2D eigenvalue weighted by Gasteiger charge is -2.17. The summed E-state index contributed by atoms with van der Waals surface area (Å²) in [5.41, 5.74) is 7.59. The number of nitrogens with two attached hydrogens (primary N) is 1. The van der Waals surface area contributed by atoms with Crippen LogP contribution in [0.15, 0.2) is 24.3 Å². The third kappa shape index (κ3) is 5.59. The molecule has 0 aromatic heterocycles. The second-order valence-corrected chi connectivity index (χ2v) is 4.82. The summed E-state index contributed by atoms with van der Waals surface area (Å²) in [6, 6.07) is 7.40. The molecule has 108 valence electrons. The third-order valence-corrected chi connectivity index (χ3v) is 3.13. The van der Waals surface area contributed by atoms with E-state index in [1.165, 1.54) is 0 Å². The van der Waals surface area contributed by atoms with Crippen LogP contribution in [0.3, 0.4) is 0 Å². The molecule has 0 saturated heterocycles. The van der Waals surface area contributed by atoms with E-state index in [1.807, 2.05) is 31.2 Å². The number of benzene rings is 1. The minimum absolute atomic E-state index is 0. The van der Waals surface area contributed by atoms with Gasteiger partial charge in [0.2, 0.25) is 5.91 Å². The average molecular weight is 287 g/mol. The van der Waals surface area contributed by atoms with Crippen molar-refractivity contribution in [2.45, 2.75) is 32.9 Å². The van der Waals surface area contributed by atoms with E-state index in [1.54, 1.807) is 13.8 Å². The minimum Gasteiger partial charge on any atom is -0.387 e. The van der Waals surface area contributed by atoms with Gasteiger partial charge in [-0.1, -0.05) is 36.8 Å². The Morgan fingerprint density at radius 1 is 1.32 bits per heavy atom. The Bertz CT molecular complexity index is 393. The number of hydrogen-bond donors (Lipinski definition) is 3. The van der Waals surface area contributed by atoms with Crippen LogP contribution in [0, 0.1) is 12.8 Å². The van der Waals surface area contributed by atoms with Crippen LogP contribution in [0.4, 0.5) is 0 Å². The first-order valence-corrected chi connectivity index (χ1v) is 6.19. The summed E-state index contributed by atoms with van der Waals surface area (Å²) in [6.07, 6.45) is -0.685. The highest BCUT2D eigenvalue weighted by molar-refractivity contribution is 5.85. The Morgan fingerprint density at radius 3 is 2.32 bits per heavy atom. The molecule has 3 unspecified atom stereocenters. The summed E-state index contributed by atoms with van der Waals surface area (Å²) < 4.78 is 0. The Morgan fingerprint density at radius 2 is 1.84 bits per heavy atom. The summed E-state index contributed by atoms with van der Waals surface area (Å²) in [5.74, 6) is -0.383. The lowest BCUT2D eigenvalue weighted by molar-refractivity contribution is -0.125. The van der Waals surface area contributed by atoms with Crippen molar-refractivity contribution >= 4 is 18.3 Å². The van der Waals surface area contributed by atoms with Gasteiger partial charge in [0, 0.05) is 18.5 Å². The van der Waals surface area contributed by atoms with Crippen LogP contribution >= 0.6 is 12.4 Å². The molecule has 0 aliphatic heterocycles. The van der Waals surface area contributed by atoms with Crippen LogP contribution in [0.1, 0.15) is 31.1 Å². The van der Waals surface area contributed by atoms with E-state index in [9.17, 15) is 9.90 Å². The second kappa shape index (κ2) is 8.15. The maximum atomic E-state index is 11.7. The number of halogens is 1. The van der Waals surface area contributed by atoms with Crippen LogP contribution in [-0.2, 0) is 4.79 Å². The number of nitrogens with one attached hydrogen (secondary N) is 1. The molecule has 0 aliphatic rings. The number of carbonyl (C=O) groups excluding carboxylic acids is 1. The number of rotatable bonds is 5.